The molecule has 0 fully saturated rings. The van der Waals surface area contributed by atoms with Crippen LogP contribution < -0.4 is 0 Å². The van der Waals surface area contributed by atoms with E-state index in [9.17, 15) is 26.3 Å². The molecule has 1 aliphatic rings. The molecule has 7 heteroatoms. The van der Waals surface area contributed by atoms with Crippen molar-refractivity contribution in [2.24, 2.45) is 0 Å². The largest absolute Gasteiger partial charge is 0.430 e. The summed E-state index contributed by atoms with van der Waals surface area (Å²) in [6, 6.07) is 0. The molecule has 92 valence electrons. The topological polar surface area (TPSA) is 20.2 Å². The molecule has 1 rings (SSSR count). The van der Waals surface area contributed by atoms with E-state index < -0.39 is 23.5 Å². The fourth-order valence-electron chi connectivity index (χ4n) is 1.37. The molecule has 1 aliphatic carbocycles. The third-order valence-corrected chi connectivity index (χ3v) is 2.23. The lowest BCUT2D eigenvalue weighted by molar-refractivity contribution is -0.351. The first-order valence-corrected chi connectivity index (χ1v) is 4.33. The molecule has 0 aromatic carbocycles. The molecule has 1 N–H and O–H groups in total. The average Bonchev–Trinajstić information content (AvgIpc) is 2.14. The number of hydrogen-bond acceptors (Lipinski definition) is 1. The van der Waals surface area contributed by atoms with Crippen molar-refractivity contribution in [3.8, 4) is 0 Å². The Labute approximate surface area is 87.1 Å². The Balaban J connectivity index is 3.26. The fourth-order valence-corrected chi connectivity index (χ4v) is 1.37. The zero-order chi connectivity index (χ0) is 12.6. The molecule has 0 saturated heterocycles. The highest BCUT2D eigenvalue weighted by molar-refractivity contribution is 5.35. The van der Waals surface area contributed by atoms with Crippen LogP contribution in [-0.4, -0.2) is 23.1 Å². The van der Waals surface area contributed by atoms with Crippen molar-refractivity contribution >= 4 is 0 Å². The Kier molecular flexibility index (Phi) is 3.11. The summed E-state index contributed by atoms with van der Waals surface area (Å²) in [5, 5.41) is 8.94. The predicted octanol–water partition coefficient (Wildman–Crippen LogP) is 3.12. The lowest BCUT2D eigenvalue weighted by atomic mass is 9.88. The van der Waals surface area contributed by atoms with Crippen LogP contribution >= 0.6 is 0 Å². The van der Waals surface area contributed by atoms with Crippen molar-refractivity contribution in [1.29, 1.82) is 0 Å². The SMILES string of the molecule is OC(C1=CCCC=C1)(C(F)(F)F)C(F)(F)F. The number of alkyl halides is 6. The van der Waals surface area contributed by atoms with E-state index in [0.29, 0.717) is 12.5 Å². The maximum atomic E-state index is 12.3. The summed E-state index contributed by atoms with van der Waals surface area (Å²) in [6.45, 7) is 0. The van der Waals surface area contributed by atoms with Crippen LogP contribution in [0.4, 0.5) is 26.3 Å². The molecule has 0 heterocycles. The predicted molar refractivity (Wildman–Crippen MR) is 43.5 cm³/mol. The van der Waals surface area contributed by atoms with Crippen LogP contribution in [-0.2, 0) is 0 Å². The summed E-state index contributed by atoms with van der Waals surface area (Å²) in [6.07, 6.45) is -8.61. The second-order valence-corrected chi connectivity index (χ2v) is 3.35. The molecule has 0 aliphatic heterocycles. The van der Waals surface area contributed by atoms with Gasteiger partial charge in [0.2, 0.25) is 0 Å². The molecule has 0 saturated carbocycles. The maximum Gasteiger partial charge on any atom is 0.430 e. The van der Waals surface area contributed by atoms with Gasteiger partial charge in [-0.15, -0.1) is 0 Å². The Morgan fingerprint density at radius 1 is 0.938 bits per heavy atom. The van der Waals surface area contributed by atoms with E-state index in [0.717, 1.165) is 12.2 Å². The van der Waals surface area contributed by atoms with Gasteiger partial charge in [0.25, 0.3) is 5.60 Å². The minimum Gasteiger partial charge on any atom is -0.370 e. The van der Waals surface area contributed by atoms with Crippen LogP contribution in [0.1, 0.15) is 12.8 Å². The van der Waals surface area contributed by atoms with Crippen molar-refractivity contribution in [2.75, 3.05) is 0 Å². The van der Waals surface area contributed by atoms with Crippen molar-refractivity contribution < 1.29 is 31.4 Å². The molecular weight excluding hydrogens is 238 g/mol. The van der Waals surface area contributed by atoms with E-state index in [2.05, 4.69) is 0 Å². The quantitative estimate of drug-likeness (QED) is 0.705. The van der Waals surface area contributed by atoms with Gasteiger partial charge in [0.1, 0.15) is 0 Å². The van der Waals surface area contributed by atoms with Crippen LogP contribution in [0, 0.1) is 0 Å². The van der Waals surface area contributed by atoms with Crippen molar-refractivity contribution in [1.82, 2.24) is 0 Å². The smallest absolute Gasteiger partial charge is 0.370 e. The highest BCUT2D eigenvalue weighted by Gasteiger charge is 2.71. The molecule has 0 atom stereocenters. The van der Waals surface area contributed by atoms with Crippen molar-refractivity contribution in [3.63, 3.8) is 0 Å². The number of rotatable bonds is 1. The number of aliphatic hydroxyl groups is 1. The second kappa shape index (κ2) is 3.80. The monoisotopic (exact) mass is 246 g/mol. The highest BCUT2D eigenvalue weighted by Crippen LogP contribution is 2.48. The lowest BCUT2D eigenvalue weighted by Gasteiger charge is -2.34. The minimum atomic E-state index is -5.79. The first-order valence-electron chi connectivity index (χ1n) is 4.33. The third kappa shape index (κ3) is 1.95. The van der Waals surface area contributed by atoms with E-state index in [1.54, 1.807) is 0 Å². The van der Waals surface area contributed by atoms with Gasteiger partial charge in [0.15, 0.2) is 0 Å². The molecule has 16 heavy (non-hydrogen) atoms. The minimum absolute atomic E-state index is 0.0420. The first-order chi connectivity index (χ1) is 7.11. The van der Waals surface area contributed by atoms with Gasteiger partial charge < -0.3 is 5.11 Å². The van der Waals surface area contributed by atoms with Crippen molar-refractivity contribution in [2.45, 2.75) is 30.8 Å². The summed E-state index contributed by atoms with van der Waals surface area (Å²) in [5.74, 6) is 0. The Hall–Kier alpha value is -0.980. The van der Waals surface area contributed by atoms with Gasteiger partial charge in [-0.1, -0.05) is 18.2 Å². The Morgan fingerprint density at radius 2 is 1.44 bits per heavy atom. The molecule has 0 spiro atoms. The molecule has 0 amide bonds. The average molecular weight is 246 g/mol. The Morgan fingerprint density at radius 3 is 1.75 bits per heavy atom. The van der Waals surface area contributed by atoms with Crippen LogP contribution in [0.2, 0.25) is 0 Å². The number of allylic oxidation sites excluding steroid dienone is 2. The highest BCUT2D eigenvalue weighted by atomic mass is 19.4. The van der Waals surface area contributed by atoms with Gasteiger partial charge in [0, 0.05) is 0 Å². The van der Waals surface area contributed by atoms with E-state index >= 15 is 0 Å². The van der Waals surface area contributed by atoms with Crippen LogP contribution in [0.3, 0.4) is 0 Å². The van der Waals surface area contributed by atoms with Crippen LogP contribution in [0.5, 0.6) is 0 Å². The van der Waals surface area contributed by atoms with Crippen LogP contribution in [0.15, 0.2) is 23.8 Å². The summed E-state index contributed by atoms with van der Waals surface area (Å²) in [5.41, 5.74) is -5.95. The summed E-state index contributed by atoms with van der Waals surface area (Å²) in [4.78, 5) is 0. The molecule has 0 aromatic rings. The molecule has 0 aromatic heterocycles. The molecule has 1 nitrogen and oxygen atoms in total. The summed E-state index contributed by atoms with van der Waals surface area (Å²) in [7, 11) is 0. The normalized spacial score (nSPS) is 18.6. The summed E-state index contributed by atoms with van der Waals surface area (Å²) < 4.78 is 74.0. The van der Waals surface area contributed by atoms with Gasteiger partial charge in [-0.25, -0.2) is 0 Å². The standard InChI is InChI=1S/C9H8F6O/c10-8(11,12)7(16,9(13,14)15)6-4-2-1-3-5-6/h2,4-5,16H,1,3H2. The van der Waals surface area contributed by atoms with E-state index in [1.165, 1.54) is 0 Å². The lowest BCUT2D eigenvalue weighted by Crippen LogP contribution is -2.58. The summed E-state index contributed by atoms with van der Waals surface area (Å²) >= 11 is 0. The van der Waals surface area contributed by atoms with E-state index in [1.807, 2.05) is 0 Å². The number of halogens is 6. The first kappa shape index (κ1) is 13.1. The molecule has 0 bridgehead atoms. The van der Waals surface area contributed by atoms with Gasteiger partial charge in [-0.3, -0.25) is 0 Å². The third-order valence-electron chi connectivity index (χ3n) is 2.23. The molecule has 0 unspecified atom stereocenters. The van der Waals surface area contributed by atoms with Crippen LogP contribution in [0.25, 0.3) is 0 Å². The Bertz CT molecular complexity index is 308. The van der Waals surface area contributed by atoms with Gasteiger partial charge in [0.05, 0.1) is 0 Å². The van der Waals surface area contributed by atoms with E-state index in [-0.39, 0.29) is 6.42 Å². The van der Waals surface area contributed by atoms with E-state index in [4.69, 9.17) is 5.11 Å². The fraction of sp³-hybridized carbons (Fsp3) is 0.556. The van der Waals surface area contributed by atoms with Gasteiger partial charge >= 0.3 is 12.4 Å². The molecular formula is C9H8F6O. The maximum absolute atomic E-state index is 12.3. The molecule has 0 radical (unpaired) electrons. The second-order valence-electron chi connectivity index (χ2n) is 3.35. The van der Waals surface area contributed by atoms with Gasteiger partial charge in [-0.05, 0) is 18.4 Å². The van der Waals surface area contributed by atoms with Crippen molar-refractivity contribution in [3.05, 3.63) is 23.8 Å². The van der Waals surface area contributed by atoms with Gasteiger partial charge in [-0.2, -0.15) is 26.3 Å². The zero-order valence-electron chi connectivity index (χ0n) is 7.86. The zero-order valence-corrected chi connectivity index (χ0v) is 7.86. The number of hydrogen-bond donors (Lipinski definition) is 1.